The van der Waals surface area contributed by atoms with Gasteiger partial charge in [-0.2, -0.15) is 0 Å². The van der Waals surface area contributed by atoms with Crippen LogP contribution < -0.4 is 0 Å². The monoisotopic (exact) mass is 168 g/mol. The molecule has 0 aliphatic carbocycles. The molecule has 1 N–H and O–H groups in total. The van der Waals surface area contributed by atoms with E-state index in [4.69, 9.17) is 4.74 Å². The van der Waals surface area contributed by atoms with Crippen molar-refractivity contribution < 1.29 is 9.84 Å². The van der Waals surface area contributed by atoms with E-state index in [-0.39, 0.29) is 5.60 Å². The van der Waals surface area contributed by atoms with Crippen molar-refractivity contribution in [2.75, 3.05) is 0 Å². The molecule has 0 aromatic heterocycles. The SMILES string of the molecule is C=C1C[C@]2(C)CCC[C@](O)(C1)O2. The molecule has 2 fully saturated rings. The van der Waals surface area contributed by atoms with Crippen LogP contribution in [0.2, 0.25) is 0 Å². The van der Waals surface area contributed by atoms with Crippen LogP contribution in [0.15, 0.2) is 12.2 Å². The lowest BCUT2D eigenvalue weighted by atomic mass is 9.79. The molecule has 12 heavy (non-hydrogen) atoms. The minimum absolute atomic E-state index is 0.137. The van der Waals surface area contributed by atoms with Gasteiger partial charge >= 0.3 is 0 Å². The molecule has 2 saturated heterocycles. The van der Waals surface area contributed by atoms with Gasteiger partial charge in [0.2, 0.25) is 0 Å². The molecule has 2 aliphatic rings. The molecule has 68 valence electrons. The first-order chi connectivity index (χ1) is 5.52. The highest BCUT2D eigenvalue weighted by atomic mass is 16.6. The fourth-order valence-electron chi connectivity index (χ4n) is 2.53. The molecule has 2 rings (SSSR count). The Morgan fingerprint density at radius 2 is 2.17 bits per heavy atom. The summed E-state index contributed by atoms with van der Waals surface area (Å²) >= 11 is 0. The summed E-state index contributed by atoms with van der Waals surface area (Å²) in [6.45, 7) is 6.02. The summed E-state index contributed by atoms with van der Waals surface area (Å²) in [5.41, 5.74) is 0.994. The first-order valence-corrected chi connectivity index (χ1v) is 4.61. The second-order valence-corrected chi connectivity index (χ2v) is 4.46. The lowest BCUT2D eigenvalue weighted by Gasteiger charge is -2.48. The van der Waals surface area contributed by atoms with E-state index in [0.29, 0.717) is 6.42 Å². The van der Waals surface area contributed by atoms with Gasteiger partial charge in [-0.3, -0.25) is 0 Å². The largest absolute Gasteiger partial charge is 0.365 e. The summed E-state index contributed by atoms with van der Waals surface area (Å²) in [6, 6.07) is 0. The van der Waals surface area contributed by atoms with Gasteiger partial charge in [0, 0.05) is 12.8 Å². The average Bonchev–Trinajstić information content (AvgIpc) is 1.79. The van der Waals surface area contributed by atoms with Crippen molar-refractivity contribution in [2.24, 2.45) is 0 Å². The zero-order chi connectivity index (χ0) is 8.82. The van der Waals surface area contributed by atoms with Crippen molar-refractivity contribution in [1.29, 1.82) is 0 Å². The lowest BCUT2D eigenvalue weighted by molar-refractivity contribution is -0.298. The highest BCUT2D eigenvalue weighted by Crippen LogP contribution is 2.45. The molecule has 2 heteroatoms. The van der Waals surface area contributed by atoms with E-state index in [9.17, 15) is 5.11 Å². The third kappa shape index (κ3) is 1.29. The molecule has 0 amide bonds. The molecular weight excluding hydrogens is 152 g/mol. The standard InChI is InChI=1S/C10H16O2/c1-8-6-9(2)4-3-5-10(11,7-8)12-9/h11H,1,3-7H2,2H3/t9-,10+/m0/s1. The highest BCUT2D eigenvalue weighted by molar-refractivity contribution is 5.10. The first kappa shape index (κ1) is 8.27. The maximum Gasteiger partial charge on any atom is 0.169 e. The molecule has 2 heterocycles. The molecule has 2 bridgehead atoms. The van der Waals surface area contributed by atoms with Gasteiger partial charge < -0.3 is 9.84 Å². The van der Waals surface area contributed by atoms with Gasteiger partial charge in [0.1, 0.15) is 0 Å². The summed E-state index contributed by atoms with van der Waals surface area (Å²) in [5.74, 6) is -0.887. The number of aliphatic hydroxyl groups is 1. The fourth-order valence-corrected chi connectivity index (χ4v) is 2.53. The second-order valence-electron chi connectivity index (χ2n) is 4.46. The average molecular weight is 168 g/mol. The van der Waals surface area contributed by atoms with E-state index in [1.165, 1.54) is 0 Å². The van der Waals surface area contributed by atoms with Crippen molar-refractivity contribution >= 4 is 0 Å². The van der Waals surface area contributed by atoms with Gasteiger partial charge in [0.15, 0.2) is 5.79 Å². The number of hydrogen-bond acceptors (Lipinski definition) is 2. The van der Waals surface area contributed by atoms with Crippen LogP contribution in [0.25, 0.3) is 0 Å². The van der Waals surface area contributed by atoms with Crippen LogP contribution in [-0.4, -0.2) is 16.5 Å². The zero-order valence-corrected chi connectivity index (χ0v) is 7.60. The first-order valence-electron chi connectivity index (χ1n) is 4.61. The van der Waals surface area contributed by atoms with Gasteiger partial charge in [-0.25, -0.2) is 0 Å². The number of rotatable bonds is 0. The Labute approximate surface area is 73.2 Å². The molecule has 2 atom stereocenters. The van der Waals surface area contributed by atoms with Crippen molar-refractivity contribution in [3.63, 3.8) is 0 Å². The molecule has 0 saturated carbocycles. The summed E-state index contributed by atoms with van der Waals surface area (Å²) in [5, 5.41) is 9.95. The maximum absolute atomic E-state index is 9.95. The predicted molar refractivity (Wildman–Crippen MR) is 46.7 cm³/mol. The van der Waals surface area contributed by atoms with E-state index in [0.717, 1.165) is 31.3 Å². The summed E-state index contributed by atoms with van der Waals surface area (Å²) < 4.78 is 5.66. The van der Waals surface area contributed by atoms with Crippen LogP contribution in [0.4, 0.5) is 0 Å². The fraction of sp³-hybridized carbons (Fsp3) is 0.800. The van der Waals surface area contributed by atoms with Gasteiger partial charge in [-0.15, -0.1) is 0 Å². The Kier molecular flexibility index (Phi) is 1.61. The smallest absolute Gasteiger partial charge is 0.169 e. The minimum Gasteiger partial charge on any atom is -0.365 e. The predicted octanol–water partition coefficient (Wildman–Crippen LogP) is 1.98. The molecular formula is C10H16O2. The van der Waals surface area contributed by atoms with E-state index in [1.807, 2.05) is 0 Å². The third-order valence-electron chi connectivity index (χ3n) is 2.86. The van der Waals surface area contributed by atoms with Crippen LogP contribution in [0, 0.1) is 0 Å². The van der Waals surface area contributed by atoms with Gasteiger partial charge in [-0.1, -0.05) is 12.2 Å². The Morgan fingerprint density at radius 3 is 2.83 bits per heavy atom. The van der Waals surface area contributed by atoms with Crippen LogP contribution in [0.5, 0.6) is 0 Å². The Bertz CT molecular complexity index is 204. The van der Waals surface area contributed by atoms with Crippen molar-refractivity contribution in [2.45, 2.75) is 50.4 Å². The summed E-state index contributed by atoms with van der Waals surface area (Å²) in [6.07, 6.45) is 4.42. The van der Waals surface area contributed by atoms with Gasteiger partial charge in [-0.05, 0) is 26.2 Å². The quantitative estimate of drug-likeness (QED) is 0.560. The molecule has 0 unspecified atom stereocenters. The number of fused-ring (bicyclic) bond motifs is 2. The van der Waals surface area contributed by atoms with E-state index >= 15 is 0 Å². The molecule has 0 aromatic carbocycles. The molecule has 0 radical (unpaired) electrons. The lowest BCUT2D eigenvalue weighted by Crippen LogP contribution is -2.51. The minimum atomic E-state index is -0.887. The van der Waals surface area contributed by atoms with Crippen molar-refractivity contribution in [3.05, 3.63) is 12.2 Å². The molecule has 2 aliphatic heterocycles. The summed E-state index contributed by atoms with van der Waals surface area (Å²) in [4.78, 5) is 0. The zero-order valence-electron chi connectivity index (χ0n) is 7.60. The highest BCUT2D eigenvalue weighted by Gasteiger charge is 2.46. The normalized spacial score (nSPS) is 47.7. The van der Waals surface area contributed by atoms with Crippen molar-refractivity contribution in [3.8, 4) is 0 Å². The van der Waals surface area contributed by atoms with Gasteiger partial charge in [0.05, 0.1) is 5.60 Å². The number of ether oxygens (including phenoxy) is 1. The maximum atomic E-state index is 9.95. The topological polar surface area (TPSA) is 29.5 Å². The van der Waals surface area contributed by atoms with E-state index < -0.39 is 5.79 Å². The van der Waals surface area contributed by atoms with Crippen LogP contribution in [0.1, 0.15) is 39.0 Å². The molecule has 0 aromatic rings. The molecule has 2 nitrogen and oxygen atoms in total. The van der Waals surface area contributed by atoms with Crippen LogP contribution >= 0.6 is 0 Å². The number of hydrogen-bond donors (Lipinski definition) is 1. The summed E-state index contributed by atoms with van der Waals surface area (Å²) in [7, 11) is 0. The Balaban J connectivity index is 2.24. The van der Waals surface area contributed by atoms with Gasteiger partial charge in [0.25, 0.3) is 0 Å². The van der Waals surface area contributed by atoms with Crippen molar-refractivity contribution in [1.82, 2.24) is 0 Å². The second kappa shape index (κ2) is 2.33. The Hall–Kier alpha value is -0.340. The van der Waals surface area contributed by atoms with Crippen LogP contribution in [-0.2, 0) is 4.74 Å². The van der Waals surface area contributed by atoms with Crippen LogP contribution in [0.3, 0.4) is 0 Å². The molecule has 0 spiro atoms. The van der Waals surface area contributed by atoms with E-state index in [1.54, 1.807) is 0 Å². The van der Waals surface area contributed by atoms with E-state index in [2.05, 4.69) is 13.5 Å². The third-order valence-corrected chi connectivity index (χ3v) is 2.86. The Morgan fingerprint density at radius 1 is 1.42 bits per heavy atom.